The van der Waals surface area contributed by atoms with E-state index in [1.165, 1.54) is 6.92 Å². The Morgan fingerprint density at radius 3 is 2.02 bits per heavy atom. The highest BCUT2D eigenvalue weighted by Gasteiger charge is 2.61. The molecule has 18 heteroatoms. The van der Waals surface area contributed by atoms with Gasteiger partial charge in [0.25, 0.3) is 0 Å². The number of hydrogen-bond donors (Lipinski definition) is 0. The van der Waals surface area contributed by atoms with Crippen molar-refractivity contribution < 1.29 is 71.3 Å². The maximum absolute atomic E-state index is 12.1. The van der Waals surface area contributed by atoms with Gasteiger partial charge in [-0.2, -0.15) is 0 Å². The lowest BCUT2D eigenvalue weighted by atomic mass is 9.98. The van der Waals surface area contributed by atoms with Crippen molar-refractivity contribution in [1.29, 1.82) is 0 Å². The van der Waals surface area contributed by atoms with Crippen molar-refractivity contribution in [2.24, 2.45) is 0 Å². The molecule has 268 valence electrons. The molecule has 1 aromatic rings. The van der Waals surface area contributed by atoms with Gasteiger partial charge >= 0.3 is 23.9 Å². The van der Waals surface area contributed by atoms with Crippen LogP contribution >= 0.6 is 0 Å². The summed E-state index contributed by atoms with van der Waals surface area (Å²) in [5.41, 5.74) is 0.552. The lowest BCUT2D eigenvalue weighted by Crippen LogP contribution is -2.63. The van der Waals surface area contributed by atoms with E-state index in [1.54, 1.807) is 10.9 Å². The van der Waals surface area contributed by atoms with Crippen LogP contribution in [0.4, 0.5) is 0 Å². The second-order valence-corrected chi connectivity index (χ2v) is 12.8. The van der Waals surface area contributed by atoms with Gasteiger partial charge in [0.15, 0.2) is 42.5 Å². The van der Waals surface area contributed by atoms with Gasteiger partial charge in [0, 0.05) is 40.3 Å². The molecule has 5 heterocycles. The number of esters is 4. The van der Waals surface area contributed by atoms with Crippen molar-refractivity contribution in [2.45, 2.75) is 141 Å². The van der Waals surface area contributed by atoms with Crippen LogP contribution in [0.5, 0.6) is 0 Å². The quantitative estimate of drug-likeness (QED) is 0.227. The third-order valence-corrected chi connectivity index (χ3v) is 7.79. The van der Waals surface area contributed by atoms with Crippen LogP contribution in [-0.2, 0) is 84.2 Å². The number of rotatable bonds is 11. The number of ether oxygens (including phenoxy) is 11. The fourth-order valence-electron chi connectivity index (χ4n) is 6.17. The predicted molar refractivity (Wildman–Crippen MR) is 154 cm³/mol. The molecular weight excluding hydrogens is 642 g/mol. The van der Waals surface area contributed by atoms with E-state index in [0.29, 0.717) is 5.69 Å². The van der Waals surface area contributed by atoms with Gasteiger partial charge in [0.1, 0.15) is 37.1 Å². The Bertz CT molecular complexity index is 1350. The molecule has 4 aliphatic rings. The molecule has 4 saturated heterocycles. The summed E-state index contributed by atoms with van der Waals surface area (Å²) in [6.07, 6.45) is -6.86. The van der Waals surface area contributed by atoms with Gasteiger partial charge in [-0.05, 0) is 27.7 Å². The van der Waals surface area contributed by atoms with E-state index in [-0.39, 0.29) is 26.2 Å². The van der Waals surface area contributed by atoms with E-state index in [9.17, 15) is 19.2 Å². The third-order valence-electron chi connectivity index (χ3n) is 7.79. The topological polar surface area (TPSA) is 201 Å². The van der Waals surface area contributed by atoms with Crippen molar-refractivity contribution >= 4 is 23.9 Å². The molecular formula is C30H43N3O15. The number of hydrogen-bond acceptors (Lipinski definition) is 17. The summed E-state index contributed by atoms with van der Waals surface area (Å²) in [4.78, 5) is 47.6. The molecule has 0 radical (unpaired) electrons. The van der Waals surface area contributed by atoms with Crippen LogP contribution in [0.15, 0.2) is 6.20 Å². The highest BCUT2D eigenvalue weighted by molar-refractivity contribution is 5.68. The fourth-order valence-corrected chi connectivity index (χ4v) is 6.17. The number of carbonyl (C=O) groups is 4. The zero-order valence-corrected chi connectivity index (χ0v) is 28.1. The summed E-state index contributed by atoms with van der Waals surface area (Å²) < 4.78 is 65.6. The lowest BCUT2D eigenvalue weighted by Gasteiger charge is -2.44. The Labute approximate surface area is 276 Å². The van der Waals surface area contributed by atoms with Gasteiger partial charge in [-0.1, -0.05) is 5.21 Å². The molecule has 10 atom stereocenters. The molecule has 0 spiro atoms. The highest BCUT2D eigenvalue weighted by atomic mass is 16.9. The summed E-state index contributed by atoms with van der Waals surface area (Å²) in [5.74, 6) is -4.51. The molecule has 4 fully saturated rings. The minimum absolute atomic E-state index is 0.00772. The van der Waals surface area contributed by atoms with Gasteiger partial charge in [-0.25, -0.2) is 4.68 Å². The molecule has 0 unspecified atom stereocenters. The summed E-state index contributed by atoms with van der Waals surface area (Å²) in [5, 5.41) is 8.47. The Morgan fingerprint density at radius 1 is 0.750 bits per heavy atom. The van der Waals surface area contributed by atoms with Crippen LogP contribution in [0.1, 0.15) is 61.1 Å². The second kappa shape index (κ2) is 14.3. The molecule has 4 aliphatic heterocycles. The molecule has 1 aromatic heterocycles. The van der Waals surface area contributed by atoms with E-state index in [4.69, 9.17) is 52.1 Å². The Hall–Kier alpha value is -3.26. The molecule has 0 aliphatic carbocycles. The van der Waals surface area contributed by atoms with Crippen LogP contribution in [0.2, 0.25) is 0 Å². The zero-order valence-electron chi connectivity index (χ0n) is 28.1. The van der Waals surface area contributed by atoms with Crippen molar-refractivity contribution in [1.82, 2.24) is 15.0 Å². The number of fused-ring (bicyclic) bond motifs is 3. The molecule has 48 heavy (non-hydrogen) atoms. The van der Waals surface area contributed by atoms with E-state index < -0.39 is 96.9 Å². The largest absolute Gasteiger partial charge is 0.463 e. The van der Waals surface area contributed by atoms with Gasteiger partial charge < -0.3 is 52.1 Å². The summed E-state index contributed by atoms with van der Waals surface area (Å²) in [7, 11) is 0. The Balaban J connectivity index is 1.25. The first-order valence-corrected chi connectivity index (χ1v) is 15.7. The van der Waals surface area contributed by atoms with E-state index in [1.807, 2.05) is 27.7 Å². The molecule has 0 aromatic carbocycles. The smallest absolute Gasteiger partial charge is 0.303 e. The molecule has 0 amide bonds. The average molecular weight is 686 g/mol. The third kappa shape index (κ3) is 8.66. The van der Waals surface area contributed by atoms with Crippen molar-refractivity contribution in [3.05, 3.63) is 11.9 Å². The average Bonchev–Trinajstić information content (AvgIpc) is 3.63. The van der Waals surface area contributed by atoms with Crippen molar-refractivity contribution in [2.75, 3.05) is 13.2 Å². The second-order valence-electron chi connectivity index (χ2n) is 12.8. The Kier molecular flexibility index (Phi) is 10.7. The van der Waals surface area contributed by atoms with Crippen LogP contribution in [0, 0.1) is 0 Å². The van der Waals surface area contributed by atoms with Crippen LogP contribution < -0.4 is 0 Å². The van der Waals surface area contributed by atoms with Crippen molar-refractivity contribution in [3.8, 4) is 0 Å². The molecule has 0 saturated carbocycles. The van der Waals surface area contributed by atoms with Gasteiger partial charge in [0.2, 0.25) is 0 Å². The van der Waals surface area contributed by atoms with Crippen molar-refractivity contribution in [3.63, 3.8) is 0 Å². The van der Waals surface area contributed by atoms with E-state index in [0.717, 1.165) is 20.8 Å². The Morgan fingerprint density at radius 2 is 1.35 bits per heavy atom. The van der Waals surface area contributed by atoms with E-state index >= 15 is 0 Å². The first kappa shape index (κ1) is 36.0. The number of nitrogens with zero attached hydrogens (tertiary/aromatic N) is 3. The monoisotopic (exact) mass is 685 g/mol. The van der Waals surface area contributed by atoms with Crippen LogP contribution in [-0.4, -0.2) is 125 Å². The normalized spacial score (nSPS) is 34.8. The fraction of sp³-hybridized carbons (Fsp3) is 0.800. The standard InChI is InChI=1S/C30H43N3O15/c1-14(34)39-13-20-21(40-15(2)35)23(41-16(3)36)25(42-17(4)37)27(44-20)38-10-9-18-11-33(32-31-18)12-19-22-24(46-29(5,6)45-22)26-28(43-19)48-30(7,8)47-26/h11,19-28H,9-10,12-13H2,1-8H3/t19-,20-,21-,22+,23+,24+,25+,26-,27+,28-/m1/s1. The SMILES string of the molecule is CC(=O)OC[C@H]1O[C@H](OCCc2cn(C[C@H]3O[C@@H]4OC(C)(C)O[C@@H]4[C@H]4OC(C)(C)O[C@H]43)nn2)[C@@H](OC(C)=O)[C@@H](OC(C)=O)[C@@H]1OC(C)=O. The minimum atomic E-state index is -1.33. The zero-order chi connectivity index (χ0) is 35.0. The molecule has 18 nitrogen and oxygen atoms in total. The van der Waals surface area contributed by atoms with E-state index in [2.05, 4.69) is 10.3 Å². The lowest BCUT2D eigenvalue weighted by molar-refractivity contribution is -0.307. The van der Waals surface area contributed by atoms with Crippen LogP contribution in [0.25, 0.3) is 0 Å². The summed E-state index contributed by atoms with van der Waals surface area (Å²) in [6, 6.07) is 0. The highest BCUT2D eigenvalue weighted by Crippen LogP contribution is 2.44. The predicted octanol–water partition coefficient (Wildman–Crippen LogP) is 0.317. The maximum atomic E-state index is 12.1. The van der Waals surface area contributed by atoms with Gasteiger partial charge in [-0.15, -0.1) is 5.10 Å². The number of carbonyl (C=O) groups excluding carboxylic acids is 4. The first-order valence-electron chi connectivity index (χ1n) is 15.7. The molecule has 0 bridgehead atoms. The van der Waals surface area contributed by atoms with Crippen LogP contribution in [0.3, 0.4) is 0 Å². The number of aromatic nitrogens is 3. The summed E-state index contributed by atoms with van der Waals surface area (Å²) >= 11 is 0. The molecule has 5 rings (SSSR count). The minimum Gasteiger partial charge on any atom is -0.463 e. The van der Waals surface area contributed by atoms with Gasteiger partial charge in [-0.3, -0.25) is 19.2 Å². The summed E-state index contributed by atoms with van der Waals surface area (Å²) in [6.45, 7) is 11.8. The first-order chi connectivity index (χ1) is 22.5. The maximum Gasteiger partial charge on any atom is 0.303 e. The van der Waals surface area contributed by atoms with Gasteiger partial charge in [0.05, 0.1) is 18.8 Å². The molecule has 0 N–H and O–H groups in total.